The Bertz CT molecular complexity index is 405. The van der Waals surface area contributed by atoms with Gasteiger partial charge in [0.05, 0.1) is 24.7 Å². The third-order valence-electron chi connectivity index (χ3n) is 4.23. The third-order valence-corrected chi connectivity index (χ3v) is 4.23. The van der Waals surface area contributed by atoms with Gasteiger partial charge in [-0.3, -0.25) is 9.59 Å². The van der Waals surface area contributed by atoms with Gasteiger partial charge in [-0.25, -0.2) is 0 Å². The zero-order chi connectivity index (χ0) is 16.4. The Morgan fingerprint density at radius 2 is 2.00 bits per heavy atom. The minimum absolute atomic E-state index is 0.0514. The van der Waals surface area contributed by atoms with Gasteiger partial charge >= 0.3 is 5.97 Å². The Balaban J connectivity index is 2.43. The average Bonchev–Trinajstić information content (AvgIpc) is 2.97. The van der Waals surface area contributed by atoms with E-state index in [1.54, 1.807) is 0 Å². The van der Waals surface area contributed by atoms with Crippen LogP contribution in [-0.2, 0) is 14.3 Å². The maximum Gasteiger partial charge on any atom is 0.305 e. The molecule has 0 bridgehead atoms. The zero-order valence-electron chi connectivity index (χ0n) is 13.6. The first-order chi connectivity index (χ1) is 9.49. The van der Waals surface area contributed by atoms with Crippen LogP contribution in [-0.4, -0.2) is 41.3 Å². The minimum Gasteiger partial charge on any atom is -0.481 e. The molecule has 4 N–H and O–H groups in total. The van der Waals surface area contributed by atoms with Crippen molar-refractivity contribution < 1.29 is 19.4 Å². The number of carbonyl (C=O) groups excluding carboxylic acids is 1. The van der Waals surface area contributed by atoms with Crippen molar-refractivity contribution in [3.63, 3.8) is 0 Å². The number of aliphatic carboxylic acids is 1. The van der Waals surface area contributed by atoms with Crippen molar-refractivity contribution in [1.82, 2.24) is 5.32 Å². The predicted molar refractivity (Wildman–Crippen MR) is 79.8 cm³/mol. The van der Waals surface area contributed by atoms with Crippen LogP contribution in [0, 0.1) is 11.3 Å². The zero-order valence-corrected chi connectivity index (χ0v) is 13.6. The fourth-order valence-electron chi connectivity index (χ4n) is 2.81. The summed E-state index contributed by atoms with van der Waals surface area (Å²) in [5, 5.41) is 11.3. The summed E-state index contributed by atoms with van der Waals surface area (Å²) < 4.78 is 6.07. The van der Waals surface area contributed by atoms with E-state index in [2.05, 4.69) is 33.0 Å². The van der Waals surface area contributed by atoms with Crippen LogP contribution in [0.5, 0.6) is 0 Å². The third kappa shape index (κ3) is 4.41. The number of rotatable bonds is 7. The molecule has 0 saturated heterocycles. The summed E-state index contributed by atoms with van der Waals surface area (Å²) in [5.41, 5.74) is 5.44. The fraction of sp³-hybridized carbons (Fsp3) is 0.867. The van der Waals surface area contributed by atoms with Crippen molar-refractivity contribution in [2.75, 3.05) is 6.61 Å². The number of amides is 1. The lowest BCUT2D eigenvalue weighted by Gasteiger charge is -2.33. The van der Waals surface area contributed by atoms with Crippen molar-refractivity contribution in [3.8, 4) is 0 Å². The molecule has 6 nitrogen and oxygen atoms in total. The summed E-state index contributed by atoms with van der Waals surface area (Å²) in [6, 6.07) is -1.23. The molecule has 0 aromatic carbocycles. The normalized spacial score (nSPS) is 27.8. The van der Waals surface area contributed by atoms with Gasteiger partial charge in [-0.1, -0.05) is 27.7 Å². The summed E-state index contributed by atoms with van der Waals surface area (Å²) >= 11 is 0. The first-order valence-electron chi connectivity index (χ1n) is 7.41. The molecule has 0 aromatic rings. The molecular weight excluding hydrogens is 272 g/mol. The summed E-state index contributed by atoms with van der Waals surface area (Å²) in [5.74, 6) is -1.03. The number of carboxylic acid groups (broad SMARTS) is 1. The van der Waals surface area contributed by atoms with E-state index in [1.165, 1.54) is 0 Å². The molecule has 6 heteroatoms. The van der Waals surface area contributed by atoms with Gasteiger partial charge in [-0.15, -0.1) is 0 Å². The minimum atomic E-state index is -1.08. The van der Waals surface area contributed by atoms with Gasteiger partial charge in [0, 0.05) is 6.04 Å². The summed E-state index contributed by atoms with van der Waals surface area (Å²) in [4.78, 5) is 22.3. The number of carboxylic acids is 1. The van der Waals surface area contributed by atoms with Crippen LogP contribution < -0.4 is 11.1 Å². The van der Waals surface area contributed by atoms with Crippen molar-refractivity contribution in [2.45, 2.75) is 65.1 Å². The van der Waals surface area contributed by atoms with Crippen molar-refractivity contribution in [3.05, 3.63) is 0 Å². The molecule has 0 spiro atoms. The summed E-state index contributed by atoms with van der Waals surface area (Å²) in [7, 11) is 0. The monoisotopic (exact) mass is 300 g/mol. The maximum atomic E-state index is 11.7. The van der Waals surface area contributed by atoms with Crippen LogP contribution >= 0.6 is 0 Å². The Labute approximate surface area is 126 Å². The standard InChI is InChI=1S/C15H28N2O4/c1-9-7-15(9,14(3,4)5)21-8-10(2)17-13(20)11(16)6-12(18)19/h9-11H,6-8,16H2,1-5H3,(H,17,20)(H,18,19)/t9?,10?,11-,15?/m0/s1. The van der Waals surface area contributed by atoms with E-state index in [0.29, 0.717) is 12.5 Å². The van der Waals surface area contributed by atoms with Gasteiger partial charge in [-0.2, -0.15) is 0 Å². The maximum absolute atomic E-state index is 11.7. The van der Waals surface area contributed by atoms with Gasteiger partial charge in [-0.05, 0) is 24.7 Å². The largest absolute Gasteiger partial charge is 0.481 e. The molecule has 1 amide bonds. The number of ether oxygens (including phenoxy) is 1. The fourth-order valence-corrected chi connectivity index (χ4v) is 2.81. The number of nitrogens with two attached hydrogens (primary N) is 1. The van der Waals surface area contributed by atoms with E-state index in [-0.39, 0.29) is 23.5 Å². The van der Waals surface area contributed by atoms with Crippen LogP contribution in [0.15, 0.2) is 0 Å². The number of hydrogen-bond donors (Lipinski definition) is 3. The second-order valence-corrected chi connectivity index (χ2v) is 7.17. The van der Waals surface area contributed by atoms with Crippen molar-refractivity contribution in [1.29, 1.82) is 0 Å². The lowest BCUT2D eigenvalue weighted by Crippen LogP contribution is -2.47. The van der Waals surface area contributed by atoms with Crippen LogP contribution in [0.4, 0.5) is 0 Å². The molecule has 0 aliphatic heterocycles. The van der Waals surface area contributed by atoms with Gasteiger partial charge in [0.25, 0.3) is 0 Å². The number of carbonyl (C=O) groups is 2. The topological polar surface area (TPSA) is 102 Å². The summed E-state index contributed by atoms with van der Waals surface area (Å²) in [6.07, 6.45) is 0.651. The highest BCUT2D eigenvalue weighted by molar-refractivity contribution is 5.86. The Kier molecular flexibility index (Phi) is 5.39. The highest BCUT2D eigenvalue weighted by Gasteiger charge is 2.60. The molecule has 1 fully saturated rings. The highest BCUT2D eigenvalue weighted by atomic mass is 16.5. The van der Waals surface area contributed by atoms with Gasteiger partial charge < -0.3 is 20.9 Å². The van der Waals surface area contributed by atoms with Crippen molar-refractivity contribution in [2.24, 2.45) is 17.1 Å². The number of hydrogen-bond acceptors (Lipinski definition) is 4. The average molecular weight is 300 g/mol. The van der Waals surface area contributed by atoms with E-state index in [4.69, 9.17) is 15.6 Å². The predicted octanol–water partition coefficient (Wildman–Crippen LogP) is 1.13. The molecule has 0 radical (unpaired) electrons. The molecule has 21 heavy (non-hydrogen) atoms. The Morgan fingerprint density at radius 1 is 1.48 bits per heavy atom. The van der Waals surface area contributed by atoms with Gasteiger partial charge in [0.1, 0.15) is 0 Å². The molecule has 1 saturated carbocycles. The van der Waals surface area contributed by atoms with Crippen LogP contribution in [0.3, 0.4) is 0 Å². The van der Waals surface area contributed by atoms with Crippen molar-refractivity contribution >= 4 is 11.9 Å². The van der Waals surface area contributed by atoms with Gasteiger partial charge in [0.15, 0.2) is 0 Å². The van der Waals surface area contributed by atoms with Crippen LogP contribution in [0.2, 0.25) is 0 Å². The van der Waals surface area contributed by atoms with E-state index >= 15 is 0 Å². The molecule has 1 rings (SSSR count). The van der Waals surface area contributed by atoms with Crippen LogP contribution in [0.1, 0.15) is 47.5 Å². The SMILES string of the molecule is CC(COC1(C(C)(C)C)CC1C)NC(=O)[C@@H](N)CC(=O)O. The molecular formula is C15H28N2O4. The van der Waals surface area contributed by atoms with E-state index < -0.39 is 17.9 Å². The molecule has 1 aliphatic carbocycles. The molecule has 122 valence electrons. The molecule has 0 heterocycles. The quantitative estimate of drug-likeness (QED) is 0.654. The van der Waals surface area contributed by atoms with Gasteiger partial charge in [0.2, 0.25) is 5.91 Å². The van der Waals surface area contributed by atoms with E-state index in [9.17, 15) is 9.59 Å². The Morgan fingerprint density at radius 3 is 2.38 bits per heavy atom. The smallest absolute Gasteiger partial charge is 0.305 e. The highest BCUT2D eigenvalue weighted by Crippen LogP contribution is 2.57. The first-order valence-corrected chi connectivity index (χ1v) is 7.41. The summed E-state index contributed by atoms with van der Waals surface area (Å²) in [6.45, 7) is 10.9. The Hall–Kier alpha value is -1.14. The number of nitrogens with one attached hydrogen (secondary N) is 1. The molecule has 3 unspecified atom stereocenters. The van der Waals surface area contributed by atoms with E-state index in [1.807, 2.05) is 6.92 Å². The first kappa shape index (κ1) is 17.9. The van der Waals surface area contributed by atoms with Crippen LogP contribution in [0.25, 0.3) is 0 Å². The molecule has 0 aromatic heterocycles. The lowest BCUT2D eigenvalue weighted by atomic mass is 9.85. The second-order valence-electron chi connectivity index (χ2n) is 7.17. The molecule has 4 atom stereocenters. The lowest BCUT2D eigenvalue weighted by molar-refractivity contribution is -0.139. The second kappa shape index (κ2) is 6.32. The van der Waals surface area contributed by atoms with E-state index in [0.717, 1.165) is 6.42 Å². The molecule has 1 aliphatic rings.